The van der Waals surface area contributed by atoms with Gasteiger partial charge in [0, 0.05) is 28.9 Å². The second kappa shape index (κ2) is 7.16. The van der Waals surface area contributed by atoms with E-state index >= 15 is 0 Å². The number of carbonyl (C=O) groups excluding carboxylic acids is 1. The summed E-state index contributed by atoms with van der Waals surface area (Å²) < 4.78 is 0. The second-order valence-corrected chi connectivity index (χ2v) is 7.46. The molecule has 0 N–H and O–H groups in total. The Morgan fingerprint density at radius 1 is 1.00 bits per heavy atom. The molecule has 0 bridgehead atoms. The molecule has 27 heavy (non-hydrogen) atoms. The van der Waals surface area contributed by atoms with Crippen molar-refractivity contribution >= 4 is 23.2 Å². The summed E-state index contributed by atoms with van der Waals surface area (Å²) in [5.41, 5.74) is 7.61. The van der Waals surface area contributed by atoms with E-state index in [9.17, 15) is 4.79 Å². The SMILES string of the molecule is CC(=O)N1Cc2ccc(-c3cccc(C)n3)cc2CCc2cc(Cl)ccc21. The molecule has 0 radical (unpaired) electrons. The van der Waals surface area contributed by atoms with Crippen LogP contribution in [0.4, 0.5) is 5.69 Å². The first kappa shape index (κ1) is 17.7. The van der Waals surface area contributed by atoms with Gasteiger partial charge in [-0.05, 0) is 72.9 Å². The van der Waals surface area contributed by atoms with Gasteiger partial charge in [-0.3, -0.25) is 9.78 Å². The van der Waals surface area contributed by atoms with Crippen molar-refractivity contribution in [2.24, 2.45) is 0 Å². The molecule has 1 aliphatic heterocycles. The van der Waals surface area contributed by atoms with Crippen molar-refractivity contribution in [3.8, 4) is 11.3 Å². The summed E-state index contributed by atoms with van der Waals surface area (Å²) in [6.45, 7) is 4.19. The molecule has 0 fully saturated rings. The fourth-order valence-corrected chi connectivity index (χ4v) is 3.89. The zero-order valence-corrected chi connectivity index (χ0v) is 16.3. The normalized spacial score (nSPS) is 13.4. The van der Waals surface area contributed by atoms with E-state index in [0.717, 1.165) is 41.0 Å². The number of benzene rings is 2. The third-order valence-corrected chi connectivity index (χ3v) is 5.33. The van der Waals surface area contributed by atoms with Crippen molar-refractivity contribution in [1.82, 2.24) is 4.98 Å². The van der Waals surface area contributed by atoms with Crippen molar-refractivity contribution < 1.29 is 4.79 Å². The average molecular weight is 377 g/mol. The molecule has 0 saturated carbocycles. The molecule has 4 rings (SSSR count). The van der Waals surface area contributed by atoms with Crippen LogP contribution in [0.5, 0.6) is 0 Å². The van der Waals surface area contributed by atoms with Gasteiger partial charge in [0.25, 0.3) is 0 Å². The second-order valence-electron chi connectivity index (χ2n) is 7.03. The van der Waals surface area contributed by atoms with Crippen LogP contribution in [0.1, 0.15) is 29.3 Å². The minimum absolute atomic E-state index is 0.0378. The molecule has 0 saturated heterocycles. The van der Waals surface area contributed by atoms with Crippen molar-refractivity contribution in [3.05, 3.63) is 82.0 Å². The molecule has 2 aromatic carbocycles. The highest BCUT2D eigenvalue weighted by Crippen LogP contribution is 2.32. The van der Waals surface area contributed by atoms with Gasteiger partial charge in [-0.1, -0.05) is 29.8 Å². The maximum absolute atomic E-state index is 12.3. The molecule has 136 valence electrons. The number of hydrogen-bond acceptors (Lipinski definition) is 2. The van der Waals surface area contributed by atoms with Crippen LogP contribution in [-0.2, 0) is 24.2 Å². The standard InChI is InChI=1S/C23H21ClN2O/c1-15-4-3-5-22(25-15)18-7-9-20-14-26(16(2)27)23-11-10-21(24)13-19(23)8-6-17(20)12-18/h3-5,7,9-13H,6,8,14H2,1-2H3. The first-order chi connectivity index (χ1) is 13.0. The lowest BCUT2D eigenvalue weighted by Gasteiger charge is -2.28. The number of rotatable bonds is 1. The molecular weight excluding hydrogens is 356 g/mol. The van der Waals surface area contributed by atoms with E-state index in [1.54, 1.807) is 6.92 Å². The zero-order chi connectivity index (χ0) is 19.0. The summed E-state index contributed by atoms with van der Waals surface area (Å²) in [5, 5.41) is 0.704. The van der Waals surface area contributed by atoms with Crippen molar-refractivity contribution in [3.63, 3.8) is 0 Å². The molecule has 0 spiro atoms. The Bertz CT molecular complexity index is 1030. The van der Waals surface area contributed by atoms with Crippen LogP contribution in [-0.4, -0.2) is 10.9 Å². The number of carbonyl (C=O) groups is 1. The van der Waals surface area contributed by atoms with Gasteiger partial charge in [0.05, 0.1) is 12.2 Å². The fourth-order valence-electron chi connectivity index (χ4n) is 3.70. The van der Waals surface area contributed by atoms with Crippen molar-refractivity contribution in [2.75, 3.05) is 4.90 Å². The van der Waals surface area contributed by atoms with Crippen LogP contribution in [0, 0.1) is 6.92 Å². The first-order valence-electron chi connectivity index (χ1n) is 9.13. The predicted molar refractivity (Wildman–Crippen MR) is 110 cm³/mol. The third-order valence-electron chi connectivity index (χ3n) is 5.09. The van der Waals surface area contributed by atoms with E-state index in [1.807, 2.05) is 48.2 Å². The van der Waals surface area contributed by atoms with Gasteiger partial charge in [-0.25, -0.2) is 0 Å². The van der Waals surface area contributed by atoms with Crippen LogP contribution >= 0.6 is 11.6 Å². The van der Waals surface area contributed by atoms with Gasteiger partial charge < -0.3 is 4.90 Å². The third kappa shape index (κ3) is 3.60. The van der Waals surface area contributed by atoms with Gasteiger partial charge in [-0.15, -0.1) is 0 Å². The Morgan fingerprint density at radius 2 is 1.81 bits per heavy atom. The van der Waals surface area contributed by atoms with E-state index < -0.39 is 0 Å². The van der Waals surface area contributed by atoms with E-state index in [-0.39, 0.29) is 5.91 Å². The van der Waals surface area contributed by atoms with E-state index in [1.165, 1.54) is 11.1 Å². The number of anilines is 1. The molecule has 0 atom stereocenters. The van der Waals surface area contributed by atoms with Crippen LogP contribution in [0.3, 0.4) is 0 Å². The topological polar surface area (TPSA) is 33.2 Å². The molecule has 4 heteroatoms. The van der Waals surface area contributed by atoms with Crippen molar-refractivity contribution in [1.29, 1.82) is 0 Å². The Labute approximate surface area is 164 Å². The molecule has 0 unspecified atom stereocenters. The van der Waals surface area contributed by atoms with Gasteiger partial charge in [0.2, 0.25) is 5.91 Å². The Morgan fingerprint density at radius 3 is 2.59 bits per heavy atom. The van der Waals surface area contributed by atoms with Crippen LogP contribution in [0.25, 0.3) is 11.3 Å². The maximum Gasteiger partial charge on any atom is 0.224 e. The lowest BCUT2D eigenvalue weighted by molar-refractivity contribution is -0.116. The number of hydrogen-bond donors (Lipinski definition) is 0. The monoisotopic (exact) mass is 376 g/mol. The van der Waals surface area contributed by atoms with E-state index in [0.29, 0.717) is 11.6 Å². The molecule has 1 amide bonds. The summed E-state index contributed by atoms with van der Waals surface area (Å²) in [5.74, 6) is 0.0378. The fraction of sp³-hybridized carbons (Fsp3) is 0.217. The minimum atomic E-state index is 0.0378. The quantitative estimate of drug-likeness (QED) is 0.572. The molecule has 3 nitrogen and oxygen atoms in total. The van der Waals surface area contributed by atoms with Gasteiger partial charge in [0.15, 0.2) is 0 Å². The van der Waals surface area contributed by atoms with E-state index in [2.05, 4.69) is 23.2 Å². The Hall–Kier alpha value is -2.65. The first-order valence-corrected chi connectivity index (χ1v) is 9.51. The number of halogens is 1. The summed E-state index contributed by atoms with van der Waals surface area (Å²) in [4.78, 5) is 18.8. The van der Waals surface area contributed by atoms with Crippen LogP contribution < -0.4 is 4.90 Å². The molecule has 0 aliphatic carbocycles. The minimum Gasteiger partial charge on any atom is -0.308 e. The predicted octanol–water partition coefficient (Wildman–Crippen LogP) is 5.36. The molecular formula is C23H21ClN2O. The summed E-state index contributed by atoms with van der Waals surface area (Å²) in [6, 6.07) is 18.3. The molecule has 2 heterocycles. The van der Waals surface area contributed by atoms with Crippen LogP contribution in [0.2, 0.25) is 5.02 Å². The zero-order valence-electron chi connectivity index (χ0n) is 15.5. The average Bonchev–Trinajstić information content (AvgIpc) is 2.63. The highest BCUT2D eigenvalue weighted by atomic mass is 35.5. The van der Waals surface area contributed by atoms with Gasteiger partial charge >= 0.3 is 0 Å². The van der Waals surface area contributed by atoms with Gasteiger partial charge in [-0.2, -0.15) is 0 Å². The summed E-state index contributed by atoms with van der Waals surface area (Å²) in [7, 11) is 0. The summed E-state index contributed by atoms with van der Waals surface area (Å²) in [6.07, 6.45) is 1.76. The lowest BCUT2D eigenvalue weighted by atomic mass is 9.93. The number of amides is 1. The molecule has 1 aromatic heterocycles. The molecule has 3 aromatic rings. The maximum atomic E-state index is 12.3. The molecule has 1 aliphatic rings. The number of pyridine rings is 1. The largest absolute Gasteiger partial charge is 0.308 e. The van der Waals surface area contributed by atoms with Gasteiger partial charge in [0.1, 0.15) is 0 Å². The highest BCUT2D eigenvalue weighted by molar-refractivity contribution is 6.30. The number of nitrogens with zero attached hydrogens (tertiary/aromatic N) is 2. The Balaban J connectivity index is 1.77. The van der Waals surface area contributed by atoms with E-state index in [4.69, 9.17) is 11.6 Å². The van der Waals surface area contributed by atoms with Crippen molar-refractivity contribution in [2.45, 2.75) is 33.2 Å². The number of aryl methyl sites for hydroxylation is 3. The highest BCUT2D eigenvalue weighted by Gasteiger charge is 2.21. The van der Waals surface area contributed by atoms with Crippen LogP contribution in [0.15, 0.2) is 54.6 Å². The smallest absolute Gasteiger partial charge is 0.224 e. The summed E-state index contributed by atoms with van der Waals surface area (Å²) >= 11 is 6.21. The lowest BCUT2D eigenvalue weighted by Crippen LogP contribution is -2.30. The number of aromatic nitrogens is 1. The number of fused-ring (bicyclic) bond motifs is 2. The Kier molecular flexibility index (Phi) is 4.71.